The molecule has 3 aromatic rings. The molecule has 9 heteroatoms. The van der Waals surface area contributed by atoms with E-state index >= 15 is 0 Å². The lowest BCUT2D eigenvalue weighted by Crippen LogP contribution is -2.46. The van der Waals surface area contributed by atoms with Crippen molar-refractivity contribution in [3.05, 3.63) is 68.6 Å². The Morgan fingerprint density at radius 3 is 2.62 bits per heavy atom. The van der Waals surface area contributed by atoms with E-state index in [-0.39, 0.29) is 18.9 Å². The number of amides is 2. The summed E-state index contributed by atoms with van der Waals surface area (Å²) in [5.74, 6) is -0.691. The molecule has 29 heavy (non-hydrogen) atoms. The van der Waals surface area contributed by atoms with E-state index < -0.39 is 23.2 Å². The van der Waals surface area contributed by atoms with Crippen molar-refractivity contribution in [2.75, 3.05) is 0 Å². The lowest BCUT2D eigenvalue weighted by Gasteiger charge is -2.15. The van der Waals surface area contributed by atoms with E-state index in [0.29, 0.717) is 5.69 Å². The van der Waals surface area contributed by atoms with Gasteiger partial charge in [0.25, 0.3) is 5.56 Å². The number of H-pyrrole nitrogens is 1. The molecule has 1 atom stereocenters. The molecule has 152 valence electrons. The summed E-state index contributed by atoms with van der Waals surface area (Å²) in [6.45, 7) is 1.58. The molecular formula is C20H23N5O4. The van der Waals surface area contributed by atoms with Crippen LogP contribution < -0.4 is 21.9 Å². The maximum atomic E-state index is 12.3. The molecule has 0 spiro atoms. The minimum Gasteiger partial charge on any atom is -0.361 e. The van der Waals surface area contributed by atoms with E-state index in [4.69, 9.17) is 0 Å². The summed E-state index contributed by atoms with van der Waals surface area (Å²) in [5, 5.41) is 6.27. The molecule has 0 fully saturated rings. The predicted octanol–water partition coefficient (Wildman–Crippen LogP) is -0.0711. The van der Waals surface area contributed by atoms with Gasteiger partial charge in [0.2, 0.25) is 11.8 Å². The second-order valence-corrected chi connectivity index (χ2v) is 6.92. The van der Waals surface area contributed by atoms with Gasteiger partial charge in [-0.05, 0) is 18.6 Å². The number of nitrogens with zero attached hydrogens (tertiary/aromatic N) is 2. The number of nitrogens with one attached hydrogen (secondary N) is 3. The predicted molar refractivity (Wildman–Crippen MR) is 108 cm³/mol. The summed E-state index contributed by atoms with van der Waals surface area (Å²) < 4.78 is 2.28. The average Bonchev–Trinajstić information content (AvgIpc) is 3.10. The summed E-state index contributed by atoms with van der Waals surface area (Å²) in [5.41, 5.74) is 1.25. The summed E-state index contributed by atoms with van der Waals surface area (Å²) in [4.78, 5) is 51.4. The number of para-hydroxylation sites is 1. The highest BCUT2D eigenvalue weighted by Crippen LogP contribution is 2.17. The third-order valence-electron chi connectivity index (χ3n) is 4.87. The van der Waals surface area contributed by atoms with Gasteiger partial charge in [-0.3, -0.25) is 23.5 Å². The Kier molecular flexibility index (Phi) is 5.67. The fourth-order valence-electron chi connectivity index (χ4n) is 3.09. The van der Waals surface area contributed by atoms with E-state index in [1.54, 1.807) is 13.1 Å². The van der Waals surface area contributed by atoms with Crippen LogP contribution in [0.15, 0.2) is 46.1 Å². The Morgan fingerprint density at radius 2 is 1.86 bits per heavy atom. The zero-order valence-electron chi connectivity index (χ0n) is 16.5. The highest BCUT2D eigenvalue weighted by molar-refractivity contribution is 5.91. The third kappa shape index (κ3) is 4.29. The van der Waals surface area contributed by atoms with Crippen molar-refractivity contribution in [3.63, 3.8) is 0 Å². The topological polar surface area (TPSA) is 118 Å². The molecule has 9 nitrogen and oxygen atoms in total. The molecule has 2 aromatic heterocycles. The van der Waals surface area contributed by atoms with Crippen molar-refractivity contribution in [1.29, 1.82) is 0 Å². The number of fused-ring (bicyclic) bond motifs is 1. The zero-order chi connectivity index (χ0) is 21.1. The lowest BCUT2D eigenvalue weighted by atomic mass is 10.1. The number of hydrogen-bond acceptors (Lipinski definition) is 4. The van der Waals surface area contributed by atoms with Crippen LogP contribution in [0.1, 0.15) is 18.2 Å². The molecular weight excluding hydrogens is 374 g/mol. The van der Waals surface area contributed by atoms with Gasteiger partial charge in [0.1, 0.15) is 6.04 Å². The van der Waals surface area contributed by atoms with Gasteiger partial charge < -0.3 is 15.6 Å². The highest BCUT2D eigenvalue weighted by atomic mass is 16.2. The monoisotopic (exact) mass is 397 g/mol. The summed E-state index contributed by atoms with van der Waals surface area (Å²) >= 11 is 0. The second kappa shape index (κ2) is 8.17. The number of hydrogen-bond donors (Lipinski definition) is 3. The van der Waals surface area contributed by atoms with Crippen LogP contribution in [0.3, 0.4) is 0 Å². The third-order valence-corrected chi connectivity index (χ3v) is 4.87. The highest BCUT2D eigenvalue weighted by Gasteiger charge is 2.17. The molecule has 0 saturated carbocycles. The first kappa shape index (κ1) is 20.1. The number of aromatic nitrogens is 3. The van der Waals surface area contributed by atoms with E-state index in [1.165, 1.54) is 24.7 Å². The van der Waals surface area contributed by atoms with Crippen LogP contribution in [0.25, 0.3) is 10.9 Å². The van der Waals surface area contributed by atoms with Crippen molar-refractivity contribution >= 4 is 22.7 Å². The van der Waals surface area contributed by atoms with Crippen molar-refractivity contribution in [2.24, 2.45) is 14.1 Å². The number of benzene rings is 1. The SMILES string of the molecule is C[C@H](NC(=O)Cc1c[nH]c2ccccc12)C(=O)NCc1cc(=O)n(C)c(=O)n1C. The van der Waals surface area contributed by atoms with Gasteiger partial charge in [0.05, 0.1) is 13.0 Å². The van der Waals surface area contributed by atoms with Gasteiger partial charge in [-0.2, -0.15) is 0 Å². The fraction of sp³-hybridized carbons (Fsp3) is 0.300. The second-order valence-electron chi connectivity index (χ2n) is 6.92. The normalized spacial score (nSPS) is 12.0. The van der Waals surface area contributed by atoms with Crippen LogP contribution in [0.5, 0.6) is 0 Å². The molecule has 0 bridgehead atoms. The van der Waals surface area contributed by atoms with Gasteiger partial charge in [-0.1, -0.05) is 18.2 Å². The molecule has 3 N–H and O–H groups in total. The van der Waals surface area contributed by atoms with Crippen molar-refractivity contribution in [3.8, 4) is 0 Å². The van der Waals surface area contributed by atoms with Crippen LogP contribution in [-0.4, -0.2) is 32.0 Å². The van der Waals surface area contributed by atoms with Gasteiger partial charge in [-0.25, -0.2) is 4.79 Å². The van der Waals surface area contributed by atoms with Crippen molar-refractivity contribution in [1.82, 2.24) is 24.8 Å². The van der Waals surface area contributed by atoms with Gasteiger partial charge in [0, 0.05) is 43.0 Å². The van der Waals surface area contributed by atoms with Crippen LogP contribution in [0.4, 0.5) is 0 Å². The fourth-order valence-corrected chi connectivity index (χ4v) is 3.09. The molecule has 2 amide bonds. The van der Waals surface area contributed by atoms with Crippen LogP contribution in [-0.2, 0) is 36.6 Å². The number of aromatic amines is 1. The summed E-state index contributed by atoms with van der Waals surface area (Å²) in [6, 6.07) is 8.19. The molecule has 2 heterocycles. The molecule has 0 radical (unpaired) electrons. The lowest BCUT2D eigenvalue weighted by molar-refractivity contribution is -0.128. The average molecular weight is 397 g/mol. The smallest absolute Gasteiger partial charge is 0.330 e. The molecule has 0 aliphatic rings. The first-order chi connectivity index (χ1) is 13.8. The molecule has 1 aromatic carbocycles. The summed E-state index contributed by atoms with van der Waals surface area (Å²) in [7, 11) is 2.91. The molecule has 0 unspecified atom stereocenters. The van der Waals surface area contributed by atoms with E-state index in [2.05, 4.69) is 15.6 Å². The Morgan fingerprint density at radius 1 is 1.14 bits per heavy atom. The Bertz CT molecular complexity index is 1190. The van der Waals surface area contributed by atoms with Gasteiger partial charge in [0.15, 0.2) is 0 Å². The minimum atomic E-state index is -0.767. The molecule has 0 saturated heterocycles. The first-order valence-electron chi connectivity index (χ1n) is 9.16. The maximum Gasteiger partial charge on any atom is 0.330 e. The summed E-state index contributed by atoms with van der Waals surface area (Å²) in [6.07, 6.45) is 1.93. The van der Waals surface area contributed by atoms with E-state index in [1.807, 2.05) is 24.3 Å². The minimum absolute atomic E-state index is 0.00329. The largest absolute Gasteiger partial charge is 0.361 e. The Labute approximate surface area is 166 Å². The quantitative estimate of drug-likeness (QED) is 0.540. The zero-order valence-corrected chi connectivity index (χ0v) is 16.5. The van der Waals surface area contributed by atoms with E-state index in [9.17, 15) is 19.2 Å². The number of rotatable bonds is 6. The van der Waals surface area contributed by atoms with Crippen LogP contribution in [0.2, 0.25) is 0 Å². The van der Waals surface area contributed by atoms with Crippen LogP contribution >= 0.6 is 0 Å². The Balaban J connectivity index is 1.59. The van der Waals surface area contributed by atoms with Crippen LogP contribution in [0, 0.1) is 0 Å². The van der Waals surface area contributed by atoms with Crippen molar-refractivity contribution in [2.45, 2.75) is 25.9 Å². The van der Waals surface area contributed by atoms with Crippen molar-refractivity contribution < 1.29 is 9.59 Å². The molecule has 0 aliphatic carbocycles. The Hall–Kier alpha value is -3.62. The molecule has 3 rings (SSSR count). The number of carbonyl (C=O) groups is 2. The van der Waals surface area contributed by atoms with Gasteiger partial charge >= 0.3 is 5.69 Å². The number of carbonyl (C=O) groups excluding carboxylic acids is 2. The van der Waals surface area contributed by atoms with E-state index in [0.717, 1.165) is 21.0 Å². The molecule has 0 aliphatic heterocycles. The maximum absolute atomic E-state index is 12.3. The standard InChI is InChI=1S/C20H23N5O4/c1-12(19(28)22-11-14-9-18(27)25(3)20(29)24(14)2)23-17(26)8-13-10-21-16-7-5-4-6-15(13)16/h4-7,9-10,12,21H,8,11H2,1-3H3,(H,22,28)(H,23,26)/t12-/m0/s1. The van der Waals surface area contributed by atoms with Gasteiger partial charge in [-0.15, -0.1) is 0 Å². The first-order valence-corrected chi connectivity index (χ1v) is 9.16.